The highest BCUT2D eigenvalue weighted by Gasteiger charge is 2.33. The number of carbonyl (C=O) groups excluding carboxylic acids is 2. The summed E-state index contributed by atoms with van der Waals surface area (Å²) >= 11 is 6.02. The van der Waals surface area contributed by atoms with Crippen LogP contribution in [0.1, 0.15) is 24.5 Å². The zero-order valence-corrected chi connectivity index (χ0v) is 22.4. The molecule has 0 aliphatic heterocycles. The first-order valence-corrected chi connectivity index (χ1v) is 13.5. The van der Waals surface area contributed by atoms with E-state index in [-0.39, 0.29) is 23.5 Å². The van der Waals surface area contributed by atoms with E-state index in [1.807, 2.05) is 6.92 Å². The van der Waals surface area contributed by atoms with Crippen molar-refractivity contribution in [2.24, 2.45) is 0 Å². The van der Waals surface area contributed by atoms with Crippen LogP contribution in [0.15, 0.2) is 77.7 Å². The monoisotopic (exact) mass is 545 g/mol. The van der Waals surface area contributed by atoms with Gasteiger partial charge in [0, 0.05) is 18.6 Å². The number of sulfonamides is 1. The van der Waals surface area contributed by atoms with Crippen LogP contribution in [0.3, 0.4) is 0 Å². The largest absolute Gasteiger partial charge is 0.357 e. The second kappa shape index (κ2) is 12.2. The van der Waals surface area contributed by atoms with Crippen molar-refractivity contribution in [1.29, 1.82) is 0 Å². The number of aryl methyl sites for hydroxylation is 1. The predicted octanol–water partition coefficient (Wildman–Crippen LogP) is 4.54. The Labute approximate surface area is 221 Å². The highest BCUT2D eigenvalue weighted by atomic mass is 35.5. The molecule has 0 spiro atoms. The van der Waals surface area contributed by atoms with E-state index >= 15 is 0 Å². The lowest BCUT2D eigenvalue weighted by molar-refractivity contribution is -0.140. The Bertz CT molecular complexity index is 1330. The number of amides is 2. The van der Waals surface area contributed by atoms with Gasteiger partial charge in [0.15, 0.2) is 0 Å². The second-order valence-electron chi connectivity index (χ2n) is 8.49. The summed E-state index contributed by atoms with van der Waals surface area (Å²) in [5.41, 5.74) is 1.72. The standard InChI is InChI=1S/C27H29ClFN3O4S/c1-4-25(27(34)30-3)31(17-20-7-11-22(29)12-8-20)26(33)18-32(23-13-9-21(28)10-14-23)37(35,36)24-15-5-19(2)6-16-24/h5-16,25H,4,17-18H2,1-3H3,(H,30,34)/t25-/m0/s1. The van der Waals surface area contributed by atoms with E-state index < -0.39 is 40.2 Å². The summed E-state index contributed by atoms with van der Waals surface area (Å²) in [4.78, 5) is 27.8. The number of hydrogen-bond acceptors (Lipinski definition) is 4. The van der Waals surface area contributed by atoms with Gasteiger partial charge in [0.25, 0.3) is 10.0 Å². The number of carbonyl (C=O) groups is 2. The number of benzene rings is 3. The van der Waals surface area contributed by atoms with Crippen molar-refractivity contribution in [3.63, 3.8) is 0 Å². The Morgan fingerprint density at radius 2 is 1.57 bits per heavy atom. The Kier molecular flexibility index (Phi) is 9.29. The smallest absolute Gasteiger partial charge is 0.264 e. The summed E-state index contributed by atoms with van der Waals surface area (Å²) in [6.07, 6.45) is 0.290. The maximum Gasteiger partial charge on any atom is 0.264 e. The average Bonchev–Trinajstić information content (AvgIpc) is 2.88. The lowest BCUT2D eigenvalue weighted by atomic mass is 10.1. The fourth-order valence-corrected chi connectivity index (χ4v) is 5.39. The molecule has 1 N–H and O–H groups in total. The third-order valence-corrected chi connectivity index (χ3v) is 7.94. The van der Waals surface area contributed by atoms with Crippen molar-refractivity contribution in [3.05, 3.63) is 94.8 Å². The highest BCUT2D eigenvalue weighted by molar-refractivity contribution is 7.92. The minimum absolute atomic E-state index is 0.00984. The van der Waals surface area contributed by atoms with Gasteiger partial charge in [-0.25, -0.2) is 12.8 Å². The average molecular weight is 546 g/mol. The molecule has 10 heteroatoms. The molecule has 196 valence electrons. The molecule has 0 unspecified atom stereocenters. The van der Waals surface area contributed by atoms with Crippen molar-refractivity contribution in [2.45, 2.75) is 37.8 Å². The van der Waals surface area contributed by atoms with E-state index in [1.165, 1.54) is 72.6 Å². The van der Waals surface area contributed by atoms with Crippen LogP contribution < -0.4 is 9.62 Å². The van der Waals surface area contributed by atoms with Crippen molar-refractivity contribution >= 4 is 39.1 Å². The number of nitrogens with one attached hydrogen (secondary N) is 1. The molecule has 0 radical (unpaired) electrons. The summed E-state index contributed by atoms with van der Waals surface area (Å²) in [5, 5.41) is 2.97. The molecule has 0 heterocycles. The van der Waals surface area contributed by atoms with Crippen molar-refractivity contribution < 1.29 is 22.4 Å². The van der Waals surface area contributed by atoms with Gasteiger partial charge in [-0.05, 0) is 67.4 Å². The number of likely N-dealkylation sites (N-methyl/N-ethyl adjacent to an activating group) is 1. The number of nitrogens with zero attached hydrogens (tertiary/aromatic N) is 2. The van der Waals surface area contributed by atoms with Crippen LogP contribution in [0.4, 0.5) is 10.1 Å². The Balaban J connectivity index is 2.04. The molecule has 1 atom stereocenters. The van der Waals surface area contributed by atoms with Crippen LogP contribution in [0, 0.1) is 12.7 Å². The zero-order valence-electron chi connectivity index (χ0n) is 20.8. The van der Waals surface area contributed by atoms with Gasteiger partial charge < -0.3 is 10.2 Å². The first-order valence-electron chi connectivity index (χ1n) is 11.7. The van der Waals surface area contributed by atoms with E-state index in [1.54, 1.807) is 19.1 Å². The van der Waals surface area contributed by atoms with Gasteiger partial charge >= 0.3 is 0 Å². The number of rotatable bonds is 10. The van der Waals surface area contributed by atoms with Crippen LogP contribution in [-0.4, -0.2) is 44.8 Å². The fourth-order valence-electron chi connectivity index (χ4n) is 3.85. The number of halogens is 2. The molecular weight excluding hydrogens is 517 g/mol. The lowest BCUT2D eigenvalue weighted by Crippen LogP contribution is -2.51. The molecule has 3 aromatic carbocycles. The third-order valence-electron chi connectivity index (χ3n) is 5.90. The lowest BCUT2D eigenvalue weighted by Gasteiger charge is -2.33. The SMILES string of the molecule is CC[C@@H](C(=O)NC)N(Cc1ccc(F)cc1)C(=O)CN(c1ccc(Cl)cc1)S(=O)(=O)c1ccc(C)cc1. The Morgan fingerprint density at radius 1 is 0.973 bits per heavy atom. The van der Waals surface area contributed by atoms with Gasteiger partial charge in [-0.2, -0.15) is 0 Å². The van der Waals surface area contributed by atoms with Gasteiger partial charge in [-0.15, -0.1) is 0 Å². The molecule has 0 fully saturated rings. The van der Waals surface area contributed by atoms with Crippen LogP contribution in [0.5, 0.6) is 0 Å². The summed E-state index contributed by atoms with van der Waals surface area (Å²) in [6.45, 7) is 3.02. The first-order chi connectivity index (χ1) is 17.6. The van der Waals surface area contributed by atoms with Crippen molar-refractivity contribution in [3.8, 4) is 0 Å². The molecule has 3 aromatic rings. The van der Waals surface area contributed by atoms with Crippen molar-refractivity contribution in [1.82, 2.24) is 10.2 Å². The van der Waals surface area contributed by atoms with E-state index in [4.69, 9.17) is 11.6 Å². The maximum atomic E-state index is 13.8. The third kappa shape index (κ3) is 6.87. The van der Waals surface area contributed by atoms with E-state index in [9.17, 15) is 22.4 Å². The molecule has 0 aliphatic carbocycles. The van der Waals surface area contributed by atoms with Gasteiger partial charge in [0.05, 0.1) is 10.6 Å². The minimum atomic E-state index is -4.16. The zero-order chi connectivity index (χ0) is 27.2. The number of hydrogen-bond donors (Lipinski definition) is 1. The fraction of sp³-hybridized carbons (Fsp3) is 0.259. The molecule has 0 bridgehead atoms. The summed E-state index contributed by atoms with van der Waals surface area (Å²) in [5.74, 6) is -1.42. The summed E-state index contributed by atoms with van der Waals surface area (Å²) < 4.78 is 41.9. The van der Waals surface area contributed by atoms with Gasteiger partial charge in [-0.3, -0.25) is 13.9 Å². The summed E-state index contributed by atoms with van der Waals surface area (Å²) in [6, 6.07) is 17.1. The second-order valence-corrected chi connectivity index (χ2v) is 10.8. The van der Waals surface area contributed by atoms with E-state index in [2.05, 4.69) is 5.32 Å². The van der Waals surface area contributed by atoms with Gasteiger partial charge in [0.2, 0.25) is 11.8 Å². The van der Waals surface area contributed by atoms with Crippen LogP contribution >= 0.6 is 11.6 Å². The molecule has 2 amide bonds. The molecule has 7 nitrogen and oxygen atoms in total. The van der Waals surface area contributed by atoms with Gasteiger partial charge in [0.1, 0.15) is 18.4 Å². The Hall–Kier alpha value is -3.43. The molecule has 3 rings (SSSR count). The minimum Gasteiger partial charge on any atom is -0.357 e. The summed E-state index contributed by atoms with van der Waals surface area (Å²) in [7, 11) is -2.69. The molecule has 0 saturated heterocycles. The highest BCUT2D eigenvalue weighted by Crippen LogP contribution is 2.26. The van der Waals surface area contributed by atoms with Crippen LogP contribution in [0.2, 0.25) is 5.02 Å². The first kappa shape index (κ1) is 28.1. The molecule has 0 aliphatic rings. The predicted molar refractivity (Wildman–Crippen MR) is 142 cm³/mol. The Morgan fingerprint density at radius 3 is 2.11 bits per heavy atom. The van der Waals surface area contributed by atoms with Crippen LogP contribution in [-0.2, 0) is 26.2 Å². The molecule has 37 heavy (non-hydrogen) atoms. The van der Waals surface area contributed by atoms with E-state index in [0.717, 1.165) is 9.87 Å². The molecule has 0 saturated carbocycles. The number of anilines is 1. The van der Waals surface area contributed by atoms with Gasteiger partial charge in [-0.1, -0.05) is 48.4 Å². The van der Waals surface area contributed by atoms with Crippen LogP contribution in [0.25, 0.3) is 0 Å². The van der Waals surface area contributed by atoms with E-state index in [0.29, 0.717) is 10.6 Å². The normalized spacial score (nSPS) is 12.0. The topological polar surface area (TPSA) is 86.8 Å². The molecule has 0 aromatic heterocycles. The molecular formula is C27H29ClFN3O4S. The maximum absolute atomic E-state index is 13.8. The van der Waals surface area contributed by atoms with Crippen molar-refractivity contribution in [2.75, 3.05) is 17.9 Å². The quantitative estimate of drug-likeness (QED) is 0.405.